The van der Waals surface area contributed by atoms with Crippen molar-refractivity contribution >= 4 is 9.84 Å². The van der Waals surface area contributed by atoms with Crippen molar-refractivity contribution in [1.29, 1.82) is 0 Å². The summed E-state index contributed by atoms with van der Waals surface area (Å²) in [5.74, 6) is 1.03. The van der Waals surface area contributed by atoms with E-state index in [1.165, 1.54) is 7.11 Å². The third-order valence-corrected chi connectivity index (χ3v) is 6.67. The van der Waals surface area contributed by atoms with Crippen LogP contribution in [-0.4, -0.2) is 26.8 Å². The monoisotopic (exact) mass is 311 g/mol. The van der Waals surface area contributed by atoms with Crippen LogP contribution < -0.4 is 10.5 Å². The van der Waals surface area contributed by atoms with Crippen LogP contribution in [0.25, 0.3) is 0 Å². The van der Waals surface area contributed by atoms with Crippen molar-refractivity contribution < 1.29 is 13.2 Å². The lowest BCUT2D eigenvalue weighted by Gasteiger charge is -2.33. The number of methoxy groups -OCH3 is 1. The second-order valence-electron chi connectivity index (χ2n) is 5.89. The molecule has 3 atom stereocenters. The minimum Gasteiger partial charge on any atom is -0.497 e. The van der Waals surface area contributed by atoms with Crippen molar-refractivity contribution in [2.24, 2.45) is 11.7 Å². The minimum atomic E-state index is -3.40. The standard InChI is InChI=1S/C16H25NO3S/c1-3-5-12-8-9-15(17)16(10-12)21(18,19)14-7-4-6-13(11-14)20-2/h4,6-7,11-12,15-16H,3,5,8-10,17H2,1-2H3. The molecule has 0 spiro atoms. The summed E-state index contributed by atoms with van der Waals surface area (Å²) in [6.07, 6.45) is 4.68. The third kappa shape index (κ3) is 3.58. The summed E-state index contributed by atoms with van der Waals surface area (Å²) in [7, 11) is -1.86. The van der Waals surface area contributed by atoms with Gasteiger partial charge in [-0.05, 0) is 43.4 Å². The SMILES string of the molecule is CCCC1CCC(N)C(S(=O)(=O)c2cccc(OC)c2)C1. The van der Waals surface area contributed by atoms with Crippen molar-refractivity contribution in [2.45, 2.75) is 55.2 Å². The van der Waals surface area contributed by atoms with Crippen LogP contribution in [0.3, 0.4) is 0 Å². The summed E-state index contributed by atoms with van der Waals surface area (Å²) in [6.45, 7) is 2.14. The fourth-order valence-electron chi connectivity index (χ4n) is 3.22. The number of ether oxygens (including phenoxy) is 1. The topological polar surface area (TPSA) is 69.4 Å². The second-order valence-corrected chi connectivity index (χ2v) is 8.06. The molecule has 118 valence electrons. The molecule has 2 rings (SSSR count). The highest BCUT2D eigenvalue weighted by Gasteiger charge is 2.37. The Morgan fingerprint density at radius 3 is 2.76 bits per heavy atom. The molecule has 21 heavy (non-hydrogen) atoms. The highest BCUT2D eigenvalue weighted by Crippen LogP contribution is 2.34. The van der Waals surface area contributed by atoms with Gasteiger partial charge < -0.3 is 10.5 Å². The van der Waals surface area contributed by atoms with Crippen molar-refractivity contribution in [2.75, 3.05) is 7.11 Å². The Kier molecular flexibility index (Phi) is 5.27. The Bertz CT molecular complexity index is 571. The van der Waals surface area contributed by atoms with Crippen molar-refractivity contribution in [1.82, 2.24) is 0 Å². The molecular formula is C16H25NO3S. The Balaban J connectivity index is 2.27. The summed E-state index contributed by atoms with van der Waals surface area (Å²) in [4.78, 5) is 0.319. The largest absolute Gasteiger partial charge is 0.497 e. The maximum Gasteiger partial charge on any atom is 0.182 e. The molecule has 0 bridgehead atoms. The first-order valence-electron chi connectivity index (χ1n) is 7.62. The molecule has 1 aromatic rings. The first-order chi connectivity index (χ1) is 9.98. The molecule has 0 saturated heterocycles. The molecule has 5 heteroatoms. The molecule has 0 aliphatic heterocycles. The van der Waals surface area contributed by atoms with E-state index < -0.39 is 15.1 Å². The molecule has 0 amide bonds. The van der Waals surface area contributed by atoms with Crippen LogP contribution >= 0.6 is 0 Å². The predicted octanol–water partition coefficient (Wildman–Crippen LogP) is 2.77. The van der Waals surface area contributed by atoms with Gasteiger partial charge in [-0.2, -0.15) is 0 Å². The first kappa shape index (κ1) is 16.3. The van der Waals surface area contributed by atoms with Crippen LogP contribution in [0.15, 0.2) is 29.2 Å². The molecule has 1 aliphatic carbocycles. The summed E-state index contributed by atoms with van der Waals surface area (Å²) < 4.78 is 30.9. The Labute approximate surface area is 127 Å². The van der Waals surface area contributed by atoms with Crippen molar-refractivity contribution in [3.05, 3.63) is 24.3 Å². The van der Waals surface area contributed by atoms with Crippen LogP contribution in [-0.2, 0) is 9.84 Å². The van der Waals surface area contributed by atoms with Gasteiger partial charge in [-0.15, -0.1) is 0 Å². The molecule has 2 N–H and O–H groups in total. The normalized spacial score (nSPS) is 26.5. The Morgan fingerprint density at radius 2 is 2.10 bits per heavy atom. The number of hydrogen-bond acceptors (Lipinski definition) is 4. The van der Waals surface area contributed by atoms with Crippen LogP contribution in [0, 0.1) is 5.92 Å². The van der Waals surface area contributed by atoms with Crippen LogP contribution in [0.4, 0.5) is 0 Å². The van der Waals surface area contributed by atoms with E-state index in [0.29, 0.717) is 23.0 Å². The van der Waals surface area contributed by atoms with Crippen molar-refractivity contribution in [3.63, 3.8) is 0 Å². The molecule has 0 heterocycles. The Hall–Kier alpha value is -1.07. The lowest BCUT2D eigenvalue weighted by Crippen LogP contribution is -2.45. The summed E-state index contributed by atoms with van der Waals surface area (Å²) in [5.41, 5.74) is 6.12. The molecule has 1 fully saturated rings. The van der Waals surface area contributed by atoms with E-state index in [9.17, 15) is 8.42 Å². The average Bonchev–Trinajstić information content (AvgIpc) is 2.49. The van der Waals surface area contributed by atoms with Crippen LogP contribution in [0.2, 0.25) is 0 Å². The fraction of sp³-hybridized carbons (Fsp3) is 0.625. The highest BCUT2D eigenvalue weighted by molar-refractivity contribution is 7.92. The van der Waals surface area contributed by atoms with E-state index in [2.05, 4.69) is 6.92 Å². The first-order valence-corrected chi connectivity index (χ1v) is 9.17. The van der Waals surface area contributed by atoms with Gasteiger partial charge in [-0.3, -0.25) is 0 Å². The number of sulfone groups is 1. The highest BCUT2D eigenvalue weighted by atomic mass is 32.2. The van der Waals surface area contributed by atoms with Crippen LogP contribution in [0.1, 0.15) is 39.0 Å². The van der Waals surface area contributed by atoms with Gasteiger partial charge in [-0.1, -0.05) is 25.8 Å². The van der Waals surface area contributed by atoms with Gasteiger partial charge in [0.2, 0.25) is 0 Å². The molecule has 3 unspecified atom stereocenters. The molecular weight excluding hydrogens is 286 g/mol. The van der Waals surface area contributed by atoms with Gasteiger partial charge in [0.05, 0.1) is 17.3 Å². The minimum absolute atomic E-state index is 0.269. The smallest absolute Gasteiger partial charge is 0.182 e. The third-order valence-electron chi connectivity index (χ3n) is 4.42. The van der Waals surface area contributed by atoms with Crippen molar-refractivity contribution in [3.8, 4) is 5.75 Å². The molecule has 1 aliphatic rings. The zero-order chi connectivity index (χ0) is 15.5. The molecule has 0 aromatic heterocycles. The van der Waals surface area contributed by atoms with E-state index >= 15 is 0 Å². The number of benzene rings is 1. The predicted molar refractivity (Wildman–Crippen MR) is 84.2 cm³/mol. The van der Waals surface area contributed by atoms with Gasteiger partial charge in [0.15, 0.2) is 9.84 Å². The lowest BCUT2D eigenvalue weighted by molar-refractivity contribution is 0.309. The summed E-state index contributed by atoms with van der Waals surface area (Å²) in [5, 5.41) is -0.477. The summed E-state index contributed by atoms with van der Waals surface area (Å²) in [6, 6.07) is 6.41. The van der Waals surface area contributed by atoms with E-state index in [0.717, 1.165) is 25.7 Å². The van der Waals surface area contributed by atoms with Gasteiger partial charge in [-0.25, -0.2) is 8.42 Å². The van der Waals surface area contributed by atoms with E-state index in [4.69, 9.17) is 10.5 Å². The van der Waals surface area contributed by atoms with Crippen LogP contribution in [0.5, 0.6) is 5.75 Å². The van der Waals surface area contributed by atoms with Gasteiger partial charge in [0.1, 0.15) is 5.75 Å². The molecule has 0 radical (unpaired) electrons. The molecule has 4 nitrogen and oxygen atoms in total. The summed E-state index contributed by atoms with van der Waals surface area (Å²) >= 11 is 0. The zero-order valence-electron chi connectivity index (χ0n) is 12.8. The molecule has 1 aromatic carbocycles. The second kappa shape index (κ2) is 6.79. The van der Waals surface area contributed by atoms with Gasteiger partial charge >= 0.3 is 0 Å². The number of hydrogen-bond donors (Lipinski definition) is 1. The van der Waals surface area contributed by atoms with E-state index in [1.54, 1.807) is 24.3 Å². The average molecular weight is 311 g/mol. The maximum atomic E-state index is 12.9. The fourth-order valence-corrected chi connectivity index (χ4v) is 5.24. The quantitative estimate of drug-likeness (QED) is 0.908. The van der Waals surface area contributed by atoms with E-state index in [-0.39, 0.29) is 6.04 Å². The Morgan fingerprint density at radius 1 is 1.33 bits per heavy atom. The maximum absolute atomic E-state index is 12.9. The van der Waals surface area contributed by atoms with Gasteiger partial charge in [0, 0.05) is 6.04 Å². The number of rotatable bonds is 5. The number of nitrogens with two attached hydrogens (primary N) is 1. The molecule has 1 saturated carbocycles. The van der Waals surface area contributed by atoms with Gasteiger partial charge in [0.25, 0.3) is 0 Å². The zero-order valence-corrected chi connectivity index (χ0v) is 13.6. The van der Waals surface area contributed by atoms with E-state index in [1.807, 2.05) is 0 Å². The lowest BCUT2D eigenvalue weighted by atomic mass is 9.83.